The van der Waals surface area contributed by atoms with Gasteiger partial charge in [0.25, 0.3) is 4.84 Å². The Balaban J connectivity index is 1.92. The van der Waals surface area contributed by atoms with Gasteiger partial charge in [0.1, 0.15) is 11.9 Å². The number of nitrogens with zero attached hydrogens (tertiary/aromatic N) is 1. The second-order valence-corrected chi connectivity index (χ2v) is 8.24. The monoisotopic (exact) mass is 498 g/mol. The highest BCUT2D eigenvalue weighted by Gasteiger charge is 2.53. The molecule has 1 aromatic heterocycles. The maximum Gasteiger partial charge on any atom is 0.471 e. The zero-order valence-electron chi connectivity index (χ0n) is 18.3. The van der Waals surface area contributed by atoms with Crippen LogP contribution in [0.25, 0.3) is 11.1 Å². The molecule has 12 heteroatoms. The van der Waals surface area contributed by atoms with E-state index in [1.165, 1.54) is 32.4 Å². The van der Waals surface area contributed by atoms with Crippen LogP contribution in [0, 0.1) is 4.84 Å². The largest absolute Gasteiger partial charge is 0.479 e. The van der Waals surface area contributed by atoms with Gasteiger partial charge in [0, 0.05) is 25.5 Å². The Labute approximate surface area is 196 Å². The first-order chi connectivity index (χ1) is 16.0. The van der Waals surface area contributed by atoms with Gasteiger partial charge in [0.05, 0.1) is 11.6 Å². The summed E-state index contributed by atoms with van der Waals surface area (Å²) in [5, 5.41) is 13.4. The molecule has 0 fully saturated rings. The number of nitrogens with one attached hydrogen (secondary N) is 1. The van der Waals surface area contributed by atoms with Crippen LogP contribution in [0.5, 0.6) is 5.75 Å². The van der Waals surface area contributed by atoms with Crippen molar-refractivity contribution in [3.8, 4) is 5.75 Å². The number of fused-ring (bicyclic) bond motifs is 2. The Kier molecular flexibility index (Phi) is 6.19. The molecule has 4 rings (SSSR count). The van der Waals surface area contributed by atoms with Crippen LogP contribution in [0.15, 0.2) is 46.9 Å². The van der Waals surface area contributed by atoms with Crippen molar-refractivity contribution in [2.75, 3.05) is 19.5 Å². The number of para-hydroxylation sites is 2. The van der Waals surface area contributed by atoms with Crippen LogP contribution in [0.3, 0.4) is 0 Å². The first-order valence-corrected chi connectivity index (χ1v) is 10.5. The van der Waals surface area contributed by atoms with E-state index in [0.717, 1.165) is 0 Å². The molecular weight excluding hydrogens is 477 g/mol. The average molecular weight is 498 g/mol. The van der Waals surface area contributed by atoms with Crippen molar-refractivity contribution in [2.24, 2.45) is 0 Å². The molecule has 3 atom stereocenters. The van der Waals surface area contributed by atoms with Crippen molar-refractivity contribution in [1.82, 2.24) is 4.57 Å². The molecular formula is C22H21F3N2O6S. The third-order valence-electron chi connectivity index (χ3n) is 5.75. The number of benzene rings is 2. The predicted molar refractivity (Wildman–Crippen MR) is 117 cm³/mol. The number of hydrogen-bond acceptors (Lipinski definition) is 7. The van der Waals surface area contributed by atoms with Crippen molar-refractivity contribution in [1.29, 1.82) is 0 Å². The molecule has 0 spiro atoms. The van der Waals surface area contributed by atoms with Gasteiger partial charge < -0.3 is 29.1 Å². The lowest BCUT2D eigenvalue weighted by atomic mass is 9.84. The van der Waals surface area contributed by atoms with E-state index < -0.39 is 36.1 Å². The number of ether oxygens (including phenoxy) is 3. The number of anilines is 1. The quantitative estimate of drug-likeness (QED) is 0.403. The van der Waals surface area contributed by atoms with Gasteiger partial charge in [0.2, 0.25) is 0 Å². The van der Waals surface area contributed by atoms with Gasteiger partial charge in [-0.05, 0) is 49.5 Å². The third kappa shape index (κ3) is 3.96. The number of aliphatic hydroxyl groups is 1. The van der Waals surface area contributed by atoms with E-state index in [1.54, 1.807) is 35.8 Å². The van der Waals surface area contributed by atoms with E-state index in [4.69, 9.17) is 30.8 Å². The molecule has 34 heavy (non-hydrogen) atoms. The van der Waals surface area contributed by atoms with Gasteiger partial charge in [-0.3, -0.25) is 9.36 Å². The molecule has 182 valence electrons. The second kappa shape index (κ2) is 8.69. The Morgan fingerprint density at radius 3 is 2.56 bits per heavy atom. The highest BCUT2D eigenvalue weighted by molar-refractivity contribution is 7.71. The molecule has 3 aromatic rings. The summed E-state index contributed by atoms with van der Waals surface area (Å²) in [5.41, 5.74) is -0.322. The molecule has 2 aromatic carbocycles. The number of methoxy groups -OCH3 is 2. The van der Waals surface area contributed by atoms with Crippen LogP contribution in [0.1, 0.15) is 18.5 Å². The zero-order chi connectivity index (χ0) is 24.8. The molecule has 8 nitrogen and oxygen atoms in total. The van der Waals surface area contributed by atoms with Crippen molar-refractivity contribution in [3.63, 3.8) is 0 Å². The molecule has 0 saturated heterocycles. The van der Waals surface area contributed by atoms with Gasteiger partial charge in [-0.15, -0.1) is 0 Å². The number of carbonyl (C=O) groups excluding carboxylic acids is 1. The van der Waals surface area contributed by atoms with Gasteiger partial charge in [-0.2, -0.15) is 13.2 Å². The smallest absolute Gasteiger partial charge is 0.471 e. The summed E-state index contributed by atoms with van der Waals surface area (Å²) in [5.74, 6) is -1.90. The summed E-state index contributed by atoms with van der Waals surface area (Å²) in [4.78, 5) is 11.5. The number of hydrogen-bond donors (Lipinski definition) is 2. The minimum Gasteiger partial charge on any atom is -0.479 e. The minimum atomic E-state index is -5.07. The molecule has 2 N–H and O–H groups in total. The zero-order valence-corrected chi connectivity index (χ0v) is 19.1. The summed E-state index contributed by atoms with van der Waals surface area (Å²) in [6.07, 6.45) is -7.46. The summed E-state index contributed by atoms with van der Waals surface area (Å²) in [6.45, 7) is 1.58. The fourth-order valence-corrected chi connectivity index (χ4v) is 4.51. The summed E-state index contributed by atoms with van der Waals surface area (Å²) < 4.78 is 62.4. The Bertz CT molecular complexity index is 1290. The van der Waals surface area contributed by atoms with Crippen LogP contribution >= 0.6 is 12.2 Å². The van der Waals surface area contributed by atoms with Crippen molar-refractivity contribution >= 4 is 34.9 Å². The van der Waals surface area contributed by atoms with Crippen molar-refractivity contribution < 1.29 is 41.7 Å². The molecule has 1 aliphatic rings. The van der Waals surface area contributed by atoms with Crippen LogP contribution in [0.2, 0.25) is 0 Å². The molecule has 2 heterocycles. The maximum atomic E-state index is 12.8. The van der Waals surface area contributed by atoms with E-state index in [2.05, 4.69) is 0 Å². The SMILES string of the molecule is COC(OC)[C@]1(C)Oc2ccc(NC(=O)C(F)(F)F)cc2[C@@H](n2c(=S)oc3ccccc32)[C@H]1O. The lowest BCUT2D eigenvalue weighted by Gasteiger charge is -2.46. The van der Waals surface area contributed by atoms with Gasteiger partial charge in [-0.1, -0.05) is 12.1 Å². The number of oxazole rings is 1. The summed E-state index contributed by atoms with van der Waals surface area (Å²) in [6, 6.07) is 9.90. The first-order valence-electron chi connectivity index (χ1n) is 10.1. The molecule has 0 aliphatic carbocycles. The number of alkyl halides is 3. The standard InChI is InChI=1S/C22H21F3N2O6S/c1-21(19(30-2)31-3)17(28)16(27-13-6-4-5-7-15(13)32-20(27)34)12-10-11(8-9-14(12)33-21)26-18(29)22(23,24)25/h4-10,16-17,19,28H,1-3H3,(H,26,29)/t16-,17-,21-/m1/s1. The first kappa shape index (κ1) is 24.2. The van der Waals surface area contributed by atoms with E-state index in [1.807, 2.05) is 5.32 Å². The van der Waals surface area contributed by atoms with E-state index in [9.17, 15) is 23.1 Å². The molecule has 0 saturated carbocycles. The highest BCUT2D eigenvalue weighted by Crippen LogP contribution is 2.46. The van der Waals surface area contributed by atoms with Gasteiger partial charge in [-0.25, -0.2) is 0 Å². The molecule has 0 bridgehead atoms. The third-order valence-corrected chi connectivity index (χ3v) is 6.03. The van der Waals surface area contributed by atoms with E-state index in [0.29, 0.717) is 11.1 Å². The summed E-state index contributed by atoms with van der Waals surface area (Å²) >= 11 is 5.43. The predicted octanol–water partition coefficient (Wildman–Crippen LogP) is 4.18. The maximum absolute atomic E-state index is 12.8. The van der Waals surface area contributed by atoms with Crippen LogP contribution < -0.4 is 10.1 Å². The Morgan fingerprint density at radius 1 is 1.24 bits per heavy atom. The molecule has 0 radical (unpaired) electrons. The number of aliphatic hydroxyl groups excluding tert-OH is 1. The number of aromatic nitrogens is 1. The van der Waals surface area contributed by atoms with Crippen molar-refractivity contribution in [2.45, 2.75) is 37.1 Å². The number of carbonyl (C=O) groups is 1. The van der Waals surface area contributed by atoms with Crippen molar-refractivity contribution in [3.05, 3.63) is 52.9 Å². The lowest BCUT2D eigenvalue weighted by molar-refractivity contribution is -0.238. The molecule has 1 aliphatic heterocycles. The number of rotatable bonds is 5. The lowest BCUT2D eigenvalue weighted by Crippen LogP contribution is -2.60. The Hall–Kier alpha value is -2.93. The minimum absolute atomic E-state index is 0.0246. The van der Waals surface area contributed by atoms with Crippen LogP contribution in [0.4, 0.5) is 18.9 Å². The van der Waals surface area contributed by atoms with Crippen LogP contribution in [-0.2, 0) is 14.3 Å². The molecule has 0 unspecified atom stereocenters. The highest BCUT2D eigenvalue weighted by atomic mass is 32.1. The number of halogens is 3. The average Bonchev–Trinajstić information content (AvgIpc) is 3.11. The van der Waals surface area contributed by atoms with E-state index in [-0.39, 0.29) is 21.8 Å². The normalized spacial score (nSPS) is 22.5. The Morgan fingerprint density at radius 2 is 1.91 bits per heavy atom. The fraction of sp³-hybridized carbons (Fsp3) is 0.364. The van der Waals surface area contributed by atoms with Gasteiger partial charge in [0.15, 0.2) is 17.5 Å². The topological polar surface area (TPSA) is 95.1 Å². The number of amides is 1. The second-order valence-electron chi connectivity index (χ2n) is 7.89. The fourth-order valence-electron chi connectivity index (χ4n) is 4.21. The molecule has 1 amide bonds. The van der Waals surface area contributed by atoms with Crippen LogP contribution in [-0.4, -0.2) is 54.0 Å². The summed E-state index contributed by atoms with van der Waals surface area (Å²) in [7, 11) is 2.77. The van der Waals surface area contributed by atoms with E-state index >= 15 is 0 Å². The van der Waals surface area contributed by atoms with Gasteiger partial charge >= 0.3 is 12.1 Å².